The monoisotopic (exact) mass is 490 g/mol. The van der Waals surface area contributed by atoms with Crippen molar-refractivity contribution in [2.75, 3.05) is 12.5 Å². The van der Waals surface area contributed by atoms with Crippen molar-refractivity contribution >= 4 is 39.3 Å². The van der Waals surface area contributed by atoms with Gasteiger partial charge in [0.1, 0.15) is 5.75 Å². The van der Waals surface area contributed by atoms with E-state index in [2.05, 4.69) is 43.3 Å². The Balaban J connectivity index is 1.93. The number of aryl methyl sites for hydroxylation is 2. The summed E-state index contributed by atoms with van der Waals surface area (Å²) in [5, 5.41) is 4.30. The zero-order valence-corrected chi connectivity index (χ0v) is 19.5. The van der Waals surface area contributed by atoms with Gasteiger partial charge in [-0.15, -0.1) is 0 Å². The molecule has 10 heteroatoms. The molecule has 9 nitrogen and oxygen atoms in total. The maximum absolute atomic E-state index is 12.5. The number of anilines is 1. The first-order chi connectivity index (χ1) is 15.0. The van der Waals surface area contributed by atoms with Gasteiger partial charge >= 0.3 is 5.69 Å². The van der Waals surface area contributed by atoms with Crippen molar-refractivity contribution in [3.05, 3.63) is 49.1 Å². The molecular weight excluding hydrogens is 464 g/mol. The summed E-state index contributed by atoms with van der Waals surface area (Å²) in [6.07, 6.45) is 7.06. The van der Waals surface area contributed by atoms with E-state index >= 15 is 0 Å². The van der Waals surface area contributed by atoms with Crippen LogP contribution in [0, 0.1) is 0 Å². The highest BCUT2D eigenvalue weighted by Crippen LogP contribution is 2.22. The van der Waals surface area contributed by atoms with E-state index in [-0.39, 0.29) is 0 Å². The van der Waals surface area contributed by atoms with Crippen LogP contribution in [0.3, 0.4) is 0 Å². The molecule has 0 saturated heterocycles. The zero-order chi connectivity index (χ0) is 22.4. The fourth-order valence-corrected chi connectivity index (χ4v) is 3.76. The molecule has 166 valence electrons. The van der Waals surface area contributed by atoms with Gasteiger partial charge in [-0.3, -0.25) is 14.3 Å². The topological polar surface area (TPSA) is 106 Å². The van der Waals surface area contributed by atoms with Crippen molar-refractivity contribution in [3.8, 4) is 5.75 Å². The Hall–Kier alpha value is -2.88. The number of aromatic nitrogens is 4. The first kappa shape index (κ1) is 22.8. The number of fused-ring (bicyclic) bond motifs is 1. The van der Waals surface area contributed by atoms with Gasteiger partial charge in [0.2, 0.25) is 5.95 Å². The van der Waals surface area contributed by atoms with Crippen LogP contribution >= 0.6 is 15.9 Å². The number of ether oxygens (including phenoxy) is 1. The summed E-state index contributed by atoms with van der Waals surface area (Å²) >= 11 is 3.44. The summed E-state index contributed by atoms with van der Waals surface area (Å²) in [5.74, 6) is 1.08. The van der Waals surface area contributed by atoms with E-state index in [1.165, 1.54) is 11.0 Å². The van der Waals surface area contributed by atoms with E-state index in [4.69, 9.17) is 4.74 Å². The van der Waals surface area contributed by atoms with Gasteiger partial charge in [-0.1, -0.05) is 48.5 Å². The summed E-state index contributed by atoms with van der Waals surface area (Å²) in [5.41, 5.74) is 3.43. The van der Waals surface area contributed by atoms with Crippen molar-refractivity contribution in [1.82, 2.24) is 19.1 Å². The number of hydrogen-bond acceptors (Lipinski definition) is 6. The van der Waals surface area contributed by atoms with Crippen LogP contribution in [0.5, 0.6) is 5.75 Å². The molecule has 1 aromatic carbocycles. The predicted molar refractivity (Wildman–Crippen MR) is 126 cm³/mol. The van der Waals surface area contributed by atoms with Crippen molar-refractivity contribution in [1.29, 1.82) is 0 Å². The molecule has 0 radical (unpaired) electrons. The molecular formula is C21H27BrN6O3. The third kappa shape index (κ3) is 5.25. The summed E-state index contributed by atoms with van der Waals surface area (Å²) in [6, 6.07) is 5.61. The van der Waals surface area contributed by atoms with E-state index in [1.807, 2.05) is 18.2 Å². The normalized spacial score (nSPS) is 11.5. The standard InChI is InChI=1S/C21H27BrN6O3/c1-4-5-6-7-8-11-28-17-18(27(2)21(30)25-19(17)29)24-20(28)26-23-13-14-12-15(22)9-10-16(14)31-3/h9-10,12-13H,4-8,11H2,1-3H3,(H,24,26)(H,25,29,30)/b23-13-. The third-order valence-corrected chi connectivity index (χ3v) is 5.55. The first-order valence-corrected chi connectivity index (χ1v) is 11.1. The number of H-pyrrole nitrogens is 1. The zero-order valence-electron chi connectivity index (χ0n) is 17.9. The molecule has 0 bridgehead atoms. The summed E-state index contributed by atoms with van der Waals surface area (Å²) in [6.45, 7) is 2.77. The number of unbranched alkanes of at least 4 members (excludes halogenated alkanes) is 4. The third-order valence-electron chi connectivity index (χ3n) is 5.05. The minimum absolute atomic E-state index is 0.319. The number of aromatic amines is 1. The molecule has 3 rings (SSSR count). The number of halogens is 1. The number of nitrogens with one attached hydrogen (secondary N) is 2. The van der Waals surface area contributed by atoms with Crippen LogP contribution in [-0.2, 0) is 13.6 Å². The lowest BCUT2D eigenvalue weighted by Crippen LogP contribution is -2.29. The summed E-state index contributed by atoms with van der Waals surface area (Å²) in [7, 11) is 3.18. The molecule has 0 fully saturated rings. The second-order valence-electron chi connectivity index (χ2n) is 7.25. The molecule has 0 saturated carbocycles. The summed E-state index contributed by atoms with van der Waals surface area (Å²) < 4.78 is 9.38. The molecule has 2 N–H and O–H groups in total. The van der Waals surface area contributed by atoms with E-state index < -0.39 is 11.2 Å². The largest absolute Gasteiger partial charge is 0.496 e. The fourth-order valence-electron chi connectivity index (χ4n) is 3.38. The van der Waals surface area contributed by atoms with Crippen LogP contribution < -0.4 is 21.4 Å². The molecule has 0 amide bonds. The van der Waals surface area contributed by atoms with Gasteiger partial charge in [-0.05, 0) is 24.6 Å². The molecule has 2 heterocycles. The molecule has 0 atom stereocenters. The molecule has 0 spiro atoms. The second kappa shape index (κ2) is 10.4. The average Bonchev–Trinajstić information content (AvgIpc) is 3.11. The van der Waals surface area contributed by atoms with Crippen molar-refractivity contribution in [2.24, 2.45) is 12.1 Å². The van der Waals surface area contributed by atoms with Gasteiger partial charge < -0.3 is 9.30 Å². The lowest BCUT2D eigenvalue weighted by Gasteiger charge is -2.08. The highest BCUT2D eigenvalue weighted by atomic mass is 79.9. The Labute approximate surface area is 188 Å². The Morgan fingerprint density at radius 2 is 2.03 bits per heavy atom. The number of benzene rings is 1. The summed E-state index contributed by atoms with van der Waals surface area (Å²) in [4.78, 5) is 31.4. The van der Waals surface area contributed by atoms with Crippen molar-refractivity contribution in [3.63, 3.8) is 0 Å². The first-order valence-electron chi connectivity index (χ1n) is 10.3. The number of imidazole rings is 1. The smallest absolute Gasteiger partial charge is 0.329 e. The Bertz CT molecular complexity index is 1190. The molecule has 0 aliphatic carbocycles. The Morgan fingerprint density at radius 3 is 2.77 bits per heavy atom. The number of nitrogens with zero attached hydrogens (tertiary/aromatic N) is 4. The second-order valence-corrected chi connectivity index (χ2v) is 8.16. The van der Waals surface area contributed by atoms with Gasteiger partial charge in [-0.25, -0.2) is 10.2 Å². The van der Waals surface area contributed by atoms with Crippen LogP contribution in [0.1, 0.15) is 44.6 Å². The highest BCUT2D eigenvalue weighted by Gasteiger charge is 2.17. The number of methoxy groups -OCH3 is 1. The number of rotatable bonds is 10. The van der Waals surface area contributed by atoms with Gasteiger partial charge in [0.15, 0.2) is 11.2 Å². The molecule has 2 aromatic heterocycles. The minimum atomic E-state index is -0.501. The van der Waals surface area contributed by atoms with Gasteiger partial charge in [-0.2, -0.15) is 10.1 Å². The van der Waals surface area contributed by atoms with Crippen molar-refractivity contribution in [2.45, 2.75) is 45.6 Å². The van der Waals surface area contributed by atoms with E-state index in [0.29, 0.717) is 29.4 Å². The van der Waals surface area contributed by atoms with Crippen molar-refractivity contribution < 1.29 is 4.74 Å². The van der Waals surface area contributed by atoms with Gasteiger partial charge in [0, 0.05) is 23.6 Å². The van der Waals surface area contributed by atoms with Gasteiger partial charge in [0.25, 0.3) is 5.56 Å². The fraction of sp³-hybridized carbons (Fsp3) is 0.429. The maximum Gasteiger partial charge on any atom is 0.329 e. The average molecular weight is 491 g/mol. The van der Waals surface area contributed by atoms with E-state index in [9.17, 15) is 9.59 Å². The molecule has 0 unspecified atom stereocenters. The van der Waals surface area contributed by atoms with Crippen LogP contribution in [0.15, 0.2) is 37.4 Å². The van der Waals surface area contributed by atoms with Crippen LogP contribution in [-0.4, -0.2) is 32.4 Å². The molecule has 0 aliphatic heterocycles. The lowest BCUT2D eigenvalue weighted by molar-refractivity contribution is 0.414. The minimum Gasteiger partial charge on any atom is -0.496 e. The molecule has 0 aliphatic rings. The lowest BCUT2D eigenvalue weighted by atomic mass is 10.1. The molecule has 31 heavy (non-hydrogen) atoms. The SMILES string of the molecule is CCCCCCCn1c(N/N=C\c2cc(Br)ccc2OC)nc2c1c(=O)[nH]c(=O)n2C. The number of hydrogen-bond donors (Lipinski definition) is 2. The quantitative estimate of drug-likeness (QED) is 0.256. The predicted octanol–water partition coefficient (Wildman–Crippen LogP) is 3.61. The number of hydrazone groups is 1. The van der Waals surface area contributed by atoms with Crippen LogP contribution in [0.25, 0.3) is 11.2 Å². The highest BCUT2D eigenvalue weighted by molar-refractivity contribution is 9.10. The van der Waals surface area contributed by atoms with Gasteiger partial charge in [0.05, 0.1) is 13.3 Å². The molecule has 3 aromatic rings. The Kier molecular flexibility index (Phi) is 7.67. The van der Waals surface area contributed by atoms with Crippen LogP contribution in [0.4, 0.5) is 5.95 Å². The maximum atomic E-state index is 12.5. The van der Waals surface area contributed by atoms with Crippen LogP contribution in [0.2, 0.25) is 0 Å². The Morgan fingerprint density at radius 1 is 1.26 bits per heavy atom. The van der Waals surface area contributed by atoms with E-state index in [1.54, 1.807) is 24.9 Å². The van der Waals surface area contributed by atoms with E-state index in [0.717, 1.165) is 35.7 Å².